The molecule has 14 heavy (non-hydrogen) atoms. The van der Waals surface area contributed by atoms with Crippen molar-refractivity contribution in [2.24, 2.45) is 0 Å². The van der Waals surface area contributed by atoms with Crippen LogP contribution in [-0.4, -0.2) is 11.3 Å². The first-order chi connectivity index (χ1) is 6.31. The highest BCUT2D eigenvalue weighted by molar-refractivity contribution is 14.1. The van der Waals surface area contributed by atoms with Gasteiger partial charge in [0.15, 0.2) is 5.75 Å². The van der Waals surface area contributed by atoms with Gasteiger partial charge in [-0.25, -0.2) is 0 Å². The Kier molecular flexibility index (Phi) is 3.62. The van der Waals surface area contributed by atoms with E-state index in [2.05, 4.69) is 25.7 Å². The van der Waals surface area contributed by atoms with E-state index in [4.69, 9.17) is 0 Å². The first kappa shape index (κ1) is 12.0. The smallest absolute Gasteiger partial charge is 0.403 e. The molecule has 0 aliphatic rings. The number of aryl methyl sites for hydroxylation is 1. The van der Waals surface area contributed by atoms with Crippen LogP contribution < -0.4 is 4.74 Å². The van der Waals surface area contributed by atoms with E-state index in [1.54, 1.807) is 29.5 Å². The minimum atomic E-state index is -4.68. The van der Waals surface area contributed by atoms with Crippen LogP contribution in [0.5, 0.6) is 5.75 Å². The number of nitrogens with zero attached hydrogens (tertiary/aromatic N) is 1. The van der Waals surface area contributed by atoms with Gasteiger partial charge in [0.05, 0.1) is 13.7 Å². The largest absolute Gasteiger partial charge is 0.573 e. The first-order valence-electron chi connectivity index (χ1n) is 3.37. The van der Waals surface area contributed by atoms with Crippen LogP contribution in [0.25, 0.3) is 0 Å². The topological polar surface area (TPSA) is 22.1 Å². The van der Waals surface area contributed by atoms with Crippen LogP contribution in [0.2, 0.25) is 0 Å². The summed E-state index contributed by atoms with van der Waals surface area (Å²) in [4.78, 5) is 3.87. The molecule has 0 amide bonds. The van der Waals surface area contributed by atoms with Gasteiger partial charge < -0.3 is 4.74 Å². The van der Waals surface area contributed by atoms with Gasteiger partial charge in [0.25, 0.3) is 0 Å². The van der Waals surface area contributed by atoms with Crippen molar-refractivity contribution >= 4 is 38.5 Å². The molecule has 1 aromatic rings. The molecule has 1 heterocycles. The lowest BCUT2D eigenvalue weighted by Gasteiger charge is -2.12. The molecule has 0 fully saturated rings. The Bertz CT molecular complexity index is 356. The van der Waals surface area contributed by atoms with Gasteiger partial charge in [-0.05, 0) is 45.4 Å². The lowest BCUT2D eigenvalue weighted by Crippen LogP contribution is -2.18. The highest BCUT2D eigenvalue weighted by atomic mass is 127. The van der Waals surface area contributed by atoms with Crippen molar-refractivity contribution in [2.45, 2.75) is 13.3 Å². The van der Waals surface area contributed by atoms with Crippen molar-refractivity contribution in [3.05, 3.63) is 19.9 Å². The van der Waals surface area contributed by atoms with E-state index < -0.39 is 6.36 Å². The highest BCUT2D eigenvalue weighted by Gasteiger charge is 2.33. The summed E-state index contributed by atoms with van der Waals surface area (Å²) in [6, 6.07) is 0. The maximum absolute atomic E-state index is 12.0. The first-order valence-corrected chi connectivity index (χ1v) is 5.25. The lowest BCUT2D eigenvalue weighted by molar-refractivity contribution is -0.275. The monoisotopic (exact) mass is 381 g/mol. The fourth-order valence-corrected chi connectivity index (χ4v) is 2.04. The van der Waals surface area contributed by atoms with E-state index in [-0.39, 0.29) is 10.2 Å². The molecule has 7 heteroatoms. The Balaban J connectivity index is 3.13. The van der Waals surface area contributed by atoms with Crippen molar-refractivity contribution < 1.29 is 17.9 Å². The zero-order chi connectivity index (χ0) is 10.9. The molecule has 1 rings (SSSR count). The van der Waals surface area contributed by atoms with Gasteiger partial charge >= 0.3 is 6.36 Å². The van der Waals surface area contributed by atoms with Crippen molar-refractivity contribution in [1.29, 1.82) is 0 Å². The SMILES string of the molecule is Cc1ncc(Br)c(OC(F)(F)F)c1I. The second kappa shape index (κ2) is 4.21. The molecule has 2 nitrogen and oxygen atoms in total. The second-order valence-electron chi connectivity index (χ2n) is 2.38. The van der Waals surface area contributed by atoms with Gasteiger partial charge in [-0.3, -0.25) is 4.98 Å². The van der Waals surface area contributed by atoms with Crippen molar-refractivity contribution in [2.75, 3.05) is 0 Å². The van der Waals surface area contributed by atoms with Gasteiger partial charge in [-0.15, -0.1) is 13.2 Å². The molecule has 0 atom stereocenters. The molecular weight excluding hydrogens is 378 g/mol. The van der Waals surface area contributed by atoms with Gasteiger partial charge in [0.2, 0.25) is 0 Å². The third kappa shape index (κ3) is 2.97. The number of rotatable bonds is 1. The van der Waals surface area contributed by atoms with E-state index in [1.807, 2.05) is 0 Å². The van der Waals surface area contributed by atoms with E-state index >= 15 is 0 Å². The van der Waals surface area contributed by atoms with Crippen molar-refractivity contribution in [3.8, 4) is 5.75 Å². The van der Waals surface area contributed by atoms with Crippen LogP contribution in [0.4, 0.5) is 13.2 Å². The molecule has 0 unspecified atom stereocenters. The number of hydrogen-bond donors (Lipinski definition) is 0. The number of hydrogen-bond acceptors (Lipinski definition) is 2. The predicted molar refractivity (Wildman–Crippen MR) is 56.1 cm³/mol. The van der Waals surface area contributed by atoms with E-state index in [1.165, 1.54) is 6.20 Å². The maximum atomic E-state index is 12.0. The van der Waals surface area contributed by atoms with Crippen molar-refractivity contribution in [3.63, 3.8) is 0 Å². The zero-order valence-electron chi connectivity index (χ0n) is 6.82. The van der Waals surface area contributed by atoms with E-state index in [0.717, 1.165) is 0 Å². The fraction of sp³-hybridized carbons (Fsp3) is 0.286. The Hall–Kier alpha value is -0.0500. The summed E-state index contributed by atoms with van der Waals surface area (Å²) in [5.41, 5.74) is 0.494. The standard InChI is InChI=1S/C7H4BrF3INO/c1-3-5(12)6(4(8)2-13-3)14-7(9,10)11/h2H,1H3. The third-order valence-electron chi connectivity index (χ3n) is 1.32. The Morgan fingerprint density at radius 3 is 2.57 bits per heavy atom. The molecule has 0 aliphatic heterocycles. The summed E-state index contributed by atoms with van der Waals surface area (Å²) < 4.78 is 40.3. The Morgan fingerprint density at radius 2 is 2.07 bits per heavy atom. The average Bonchev–Trinajstić information content (AvgIpc) is 2.04. The molecule has 78 valence electrons. The molecule has 0 bridgehead atoms. The average molecular weight is 382 g/mol. The predicted octanol–water partition coefficient (Wildman–Crippen LogP) is 3.66. The van der Waals surface area contributed by atoms with Crippen LogP contribution in [0.3, 0.4) is 0 Å². The molecule has 0 spiro atoms. The Morgan fingerprint density at radius 1 is 1.50 bits per heavy atom. The molecule has 0 radical (unpaired) electrons. The maximum Gasteiger partial charge on any atom is 0.573 e. The van der Waals surface area contributed by atoms with Gasteiger partial charge in [-0.1, -0.05) is 0 Å². The molecule has 1 aromatic heterocycles. The van der Waals surface area contributed by atoms with Crippen LogP contribution in [-0.2, 0) is 0 Å². The van der Waals surface area contributed by atoms with Crippen LogP contribution in [0.1, 0.15) is 5.69 Å². The molecule has 0 saturated heterocycles. The molecule has 0 aliphatic carbocycles. The summed E-state index contributed by atoms with van der Waals surface area (Å²) in [6.07, 6.45) is -3.41. The zero-order valence-corrected chi connectivity index (χ0v) is 10.6. The van der Waals surface area contributed by atoms with Gasteiger partial charge in [0.1, 0.15) is 0 Å². The van der Waals surface area contributed by atoms with Crippen molar-refractivity contribution in [1.82, 2.24) is 4.98 Å². The molecule has 0 N–H and O–H groups in total. The minimum Gasteiger partial charge on any atom is -0.403 e. The normalized spacial score (nSPS) is 11.6. The molecule has 0 aromatic carbocycles. The summed E-state index contributed by atoms with van der Waals surface area (Å²) >= 11 is 4.69. The van der Waals surface area contributed by atoms with E-state index in [9.17, 15) is 13.2 Å². The number of aromatic nitrogens is 1. The number of ether oxygens (including phenoxy) is 1. The Labute approximate surface area is 100 Å². The van der Waals surface area contributed by atoms with Gasteiger partial charge in [-0.2, -0.15) is 0 Å². The number of pyridine rings is 1. The highest BCUT2D eigenvalue weighted by Crippen LogP contribution is 2.35. The number of halogens is 5. The molecule has 0 saturated carbocycles. The summed E-state index contributed by atoms with van der Waals surface area (Å²) in [5.74, 6) is -0.245. The summed E-state index contributed by atoms with van der Waals surface area (Å²) in [6.45, 7) is 1.61. The number of alkyl halides is 3. The fourth-order valence-electron chi connectivity index (χ4n) is 0.747. The van der Waals surface area contributed by atoms with Crippen LogP contribution in [0.15, 0.2) is 10.7 Å². The summed E-state index contributed by atoms with van der Waals surface area (Å²) in [5, 5.41) is 0. The summed E-state index contributed by atoms with van der Waals surface area (Å²) in [7, 11) is 0. The minimum absolute atomic E-state index is 0.185. The van der Waals surface area contributed by atoms with Gasteiger partial charge in [0, 0.05) is 6.20 Å². The quantitative estimate of drug-likeness (QED) is 0.693. The van der Waals surface area contributed by atoms with E-state index in [0.29, 0.717) is 9.26 Å². The van der Waals surface area contributed by atoms with Crippen LogP contribution in [0, 0.1) is 10.5 Å². The molecular formula is C7H4BrF3INO. The van der Waals surface area contributed by atoms with Crippen LogP contribution >= 0.6 is 38.5 Å². The third-order valence-corrected chi connectivity index (χ3v) is 3.16. The second-order valence-corrected chi connectivity index (χ2v) is 4.32. The lowest BCUT2D eigenvalue weighted by atomic mass is 10.3.